The number of hydrogen-bond acceptors (Lipinski definition) is 5. The monoisotopic (exact) mass is 422 g/mol. The molecule has 0 bridgehead atoms. The van der Waals surface area contributed by atoms with Gasteiger partial charge in [0.05, 0.1) is 23.4 Å². The Kier molecular flexibility index (Phi) is 7.57. The fourth-order valence-electron chi connectivity index (χ4n) is 3.42. The van der Waals surface area contributed by atoms with Gasteiger partial charge in [0.1, 0.15) is 6.04 Å². The van der Waals surface area contributed by atoms with Crippen LogP contribution in [0.1, 0.15) is 18.4 Å². The summed E-state index contributed by atoms with van der Waals surface area (Å²) in [7, 11) is 0. The second kappa shape index (κ2) is 10.3. The molecule has 30 heavy (non-hydrogen) atoms. The van der Waals surface area contributed by atoms with Crippen molar-refractivity contribution in [2.24, 2.45) is 11.5 Å². The fourth-order valence-corrected chi connectivity index (χ4v) is 3.62. The van der Waals surface area contributed by atoms with Gasteiger partial charge >= 0.3 is 0 Å². The number of thiol groups is 1. The van der Waals surface area contributed by atoms with Crippen LogP contribution in [0.25, 0.3) is 10.9 Å². The lowest BCUT2D eigenvalue weighted by Crippen LogP contribution is -2.52. The van der Waals surface area contributed by atoms with Gasteiger partial charge in [0, 0.05) is 11.8 Å². The van der Waals surface area contributed by atoms with Crippen molar-refractivity contribution in [3.05, 3.63) is 72.4 Å². The van der Waals surface area contributed by atoms with Crippen LogP contribution < -0.4 is 16.4 Å². The van der Waals surface area contributed by atoms with Gasteiger partial charge in [-0.15, -0.1) is 12.6 Å². The average Bonchev–Trinajstić information content (AvgIpc) is 2.77. The summed E-state index contributed by atoms with van der Waals surface area (Å²) in [6, 6.07) is 17.4. The fraction of sp³-hybridized carbons (Fsp3) is 0.261. The van der Waals surface area contributed by atoms with Crippen LogP contribution in [-0.4, -0.2) is 34.6 Å². The van der Waals surface area contributed by atoms with E-state index < -0.39 is 17.2 Å². The van der Waals surface area contributed by atoms with E-state index in [2.05, 4.69) is 17.6 Å². The minimum Gasteiger partial charge on any atom is -0.330 e. The van der Waals surface area contributed by atoms with E-state index in [0.29, 0.717) is 31.5 Å². The molecule has 0 saturated heterocycles. The smallest absolute Gasteiger partial charge is 0.244 e. The number of fused-ring (bicyclic) bond motifs is 1. The third kappa shape index (κ3) is 5.24. The highest BCUT2D eigenvalue weighted by Gasteiger charge is 2.33. The maximum atomic E-state index is 13.4. The Hall–Kier alpha value is -2.74. The van der Waals surface area contributed by atoms with Gasteiger partial charge < -0.3 is 11.5 Å². The minimum atomic E-state index is -0.810. The summed E-state index contributed by atoms with van der Waals surface area (Å²) in [5.74, 6) is -0.344. The molecule has 0 aliphatic rings. The van der Waals surface area contributed by atoms with Gasteiger partial charge in [-0.05, 0) is 37.1 Å². The van der Waals surface area contributed by atoms with Crippen LogP contribution in [0, 0.1) is 0 Å². The first-order valence-electron chi connectivity index (χ1n) is 9.91. The quantitative estimate of drug-likeness (QED) is 0.460. The third-order valence-electron chi connectivity index (χ3n) is 5.00. The van der Waals surface area contributed by atoms with Crippen molar-refractivity contribution in [1.29, 1.82) is 0 Å². The first-order valence-corrected chi connectivity index (χ1v) is 10.4. The van der Waals surface area contributed by atoms with Crippen molar-refractivity contribution >= 4 is 40.2 Å². The number of aromatic nitrogens is 1. The van der Waals surface area contributed by atoms with Crippen LogP contribution in [-0.2, 0) is 16.0 Å². The summed E-state index contributed by atoms with van der Waals surface area (Å²) in [5, 5.41) is 0.458. The molecule has 3 rings (SSSR count). The second-order valence-corrected chi connectivity index (χ2v) is 7.62. The van der Waals surface area contributed by atoms with Crippen molar-refractivity contribution in [2.75, 3.05) is 11.4 Å². The standard InChI is InChI=1S/C23H26N4O2S/c24-12-6-10-19(25)22(28)27(18-14-17-9-4-5-11-20(17)26-15-18)21(23(29)30)13-16-7-2-1-3-8-16/h1-5,7-9,11,14-15,19,21H,6,10,12-13,24-25H2,(H,29,30)/t19-,21-/m1/s1. The van der Waals surface area contributed by atoms with Crippen LogP contribution in [0.15, 0.2) is 66.9 Å². The minimum absolute atomic E-state index is 0.325. The van der Waals surface area contributed by atoms with Crippen molar-refractivity contribution in [2.45, 2.75) is 31.3 Å². The van der Waals surface area contributed by atoms with E-state index >= 15 is 0 Å². The van der Waals surface area contributed by atoms with Gasteiger partial charge in [-0.2, -0.15) is 0 Å². The van der Waals surface area contributed by atoms with Crippen molar-refractivity contribution in [3.8, 4) is 0 Å². The molecule has 0 saturated carbocycles. The number of hydrogen-bond donors (Lipinski definition) is 3. The summed E-state index contributed by atoms with van der Waals surface area (Å²) < 4.78 is 0. The van der Waals surface area contributed by atoms with Crippen molar-refractivity contribution in [1.82, 2.24) is 4.98 Å². The van der Waals surface area contributed by atoms with Gasteiger partial charge in [0.15, 0.2) is 0 Å². The molecule has 7 heteroatoms. The van der Waals surface area contributed by atoms with Gasteiger partial charge in [-0.3, -0.25) is 19.5 Å². The Morgan fingerprint density at radius 3 is 2.47 bits per heavy atom. The van der Waals surface area contributed by atoms with Gasteiger partial charge in [0.25, 0.3) is 0 Å². The van der Waals surface area contributed by atoms with E-state index in [4.69, 9.17) is 11.5 Å². The molecule has 4 N–H and O–H groups in total. The van der Waals surface area contributed by atoms with Crippen LogP contribution in [0.3, 0.4) is 0 Å². The number of nitrogens with zero attached hydrogens (tertiary/aromatic N) is 2. The molecule has 2 aromatic carbocycles. The SMILES string of the molecule is NCCC[C@@H](N)C(=O)N(c1cnc2ccccc2c1)[C@H](Cc1ccccc1)C(=O)S. The normalized spacial score (nSPS) is 13.0. The molecule has 3 aromatic rings. The maximum absolute atomic E-state index is 13.4. The Morgan fingerprint density at radius 2 is 1.77 bits per heavy atom. The molecule has 0 fully saturated rings. The summed E-state index contributed by atoms with van der Waals surface area (Å²) in [6.07, 6.45) is 2.98. The number of amides is 1. The molecular formula is C23H26N4O2S. The number of pyridine rings is 1. The first kappa shape index (κ1) is 22.0. The molecule has 0 radical (unpaired) electrons. The van der Waals surface area contributed by atoms with E-state index in [-0.39, 0.29) is 5.91 Å². The summed E-state index contributed by atoms with van der Waals surface area (Å²) in [6.45, 7) is 0.442. The molecule has 6 nitrogen and oxygen atoms in total. The molecule has 2 atom stereocenters. The van der Waals surface area contributed by atoms with Gasteiger partial charge in [-0.1, -0.05) is 48.5 Å². The van der Waals surface area contributed by atoms with Crippen LogP contribution >= 0.6 is 12.6 Å². The average molecular weight is 423 g/mol. The predicted octanol–water partition coefficient (Wildman–Crippen LogP) is 2.70. The first-order chi connectivity index (χ1) is 14.5. The molecule has 0 aliphatic heterocycles. The number of carbonyl (C=O) groups is 2. The molecule has 1 amide bonds. The molecule has 0 unspecified atom stereocenters. The van der Waals surface area contributed by atoms with Crippen LogP contribution in [0.4, 0.5) is 5.69 Å². The number of anilines is 1. The highest BCUT2D eigenvalue weighted by molar-refractivity contribution is 7.96. The number of benzene rings is 2. The highest BCUT2D eigenvalue weighted by Crippen LogP contribution is 2.25. The number of para-hydroxylation sites is 1. The van der Waals surface area contributed by atoms with Crippen molar-refractivity contribution in [3.63, 3.8) is 0 Å². The van der Waals surface area contributed by atoms with Gasteiger partial charge in [-0.25, -0.2) is 0 Å². The molecule has 0 aliphatic carbocycles. The van der Waals surface area contributed by atoms with E-state index in [0.717, 1.165) is 16.5 Å². The summed E-state index contributed by atoms with van der Waals surface area (Å²) in [4.78, 5) is 31.8. The largest absolute Gasteiger partial charge is 0.330 e. The van der Waals surface area contributed by atoms with Crippen molar-refractivity contribution < 1.29 is 9.59 Å². The zero-order valence-electron chi connectivity index (χ0n) is 16.6. The number of rotatable bonds is 9. The van der Waals surface area contributed by atoms with E-state index in [1.807, 2.05) is 60.7 Å². The van der Waals surface area contributed by atoms with E-state index in [1.54, 1.807) is 6.20 Å². The second-order valence-electron chi connectivity index (χ2n) is 7.18. The number of carbonyl (C=O) groups excluding carboxylic acids is 2. The zero-order valence-corrected chi connectivity index (χ0v) is 17.5. The van der Waals surface area contributed by atoms with Crippen LogP contribution in [0.5, 0.6) is 0 Å². The Balaban J connectivity index is 2.04. The molecule has 156 valence electrons. The molecular weight excluding hydrogens is 396 g/mol. The maximum Gasteiger partial charge on any atom is 0.244 e. The Labute approximate surface area is 181 Å². The lowest BCUT2D eigenvalue weighted by Gasteiger charge is -2.32. The van der Waals surface area contributed by atoms with E-state index in [9.17, 15) is 9.59 Å². The van der Waals surface area contributed by atoms with E-state index in [1.165, 1.54) is 4.90 Å². The third-order valence-corrected chi connectivity index (χ3v) is 5.29. The molecule has 1 heterocycles. The predicted molar refractivity (Wildman–Crippen MR) is 123 cm³/mol. The highest BCUT2D eigenvalue weighted by atomic mass is 32.1. The zero-order chi connectivity index (χ0) is 21.5. The lowest BCUT2D eigenvalue weighted by atomic mass is 10.0. The van der Waals surface area contributed by atoms with Crippen LogP contribution in [0.2, 0.25) is 0 Å². The Bertz CT molecular complexity index is 1010. The number of nitrogens with two attached hydrogens (primary N) is 2. The summed E-state index contributed by atoms with van der Waals surface area (Å²) >= 11 is 4.11. The molecule has 1 aromatic heterocycles. The Morgan fingerprint density at radius 1 is 1.07 bits per heavy atom. The topological polar surface area (TPSA) is 102 Å². The summed E-state index contributed by atoms with van der Waals surface area (Å²) in [5.41, 5.74) is 14.0. The lowest BCUT2D eigenvalue weighted by molar-refractivity contribution is -0.122. The molecule has 0 spiro atoms. The van der Waals surface area contributed by atoms with Gasteiger partial charge in [0.2, 0.25) is 11.0 Å².